The molecule has 5 N–H and O–H groups in total. The number of rotatable bonds is 7. The fraction of sp³-hybridized carbons (Fsp3) is 0.921. The number of Topliss-reactive ketones (excluding diaryl/α,β-unsaturated/α-hetero) is 1. The summed E-state index contributed by atoms with van der Waals surface area (Å²) in [4.78, 5) is 29.8. The van der Waals surface area contributed by atoms with Gasteiger partial charge in [-0.3, -0.25) is 9.59 Å². The van der Waals surface area contributed by atoms with Crippen LogP contribution in [0.1, 0.15) is 94.9 Å². The van der Waals surface area contributed by atoms with Crippen molar-refractivity contribution in [3.05, 3.63) is 0 Å². The van der Waals surface area contributed by atoms with Gasteiger partial charge >= 0.3 is 5.97 Å². The van der Waals surface area contributed by atoms with E-state index < -0.39 is 108 Å². The number of hydrogen-bond acceptors (Lipinski definition) is 16. The highest BCUT2D eigenvalue weighted by Crippen LogP contribution is 2.40. The van der Waals surface area contributed by atoms with Crippen LogP contribution >= 0.6 is 12.6 Å². The lowest BCUT2D eigenvalue weighted by atomic mass is 9.74. The normalized spacial score (nSPS) is 47.1. The minimum absolute atomic E-state index is 0.0936. The maximum atomic E-state index is 14.1. The second kappa shape index (κ2) is 19.8. The monoisotopic (exact) mass is 792 g/mol. The van der Waals surface area contributed by atoms with Crippen LogP contribution in [0.15, 0.2) is 0 Å². The number of nitrogens with zero attached hydrogens (tertiary/aromatic N) is 2. The van der Waals surface area contributed by atoms with Crippen molar-refractivity contribution >= 4 is 24.4 Å². The van der Waals surface area contributed by atoms with E-state index in [1.807, 2.05) is 25.9 Å². The molecule has 3 saturated heterocycles. The van der Waals surface area contributed by atoms with Gasteiger partial charge < -0.3 is 58.9 Å². The van der Waals surface area contributed by atoms with Gasteiger partial charge in [0.05, 0.1) is 47.6 Å². The van der Waals surface area contributed by atoms with Crippen LogP contribution in [0.25, 0.3) is 0 Å². The van der Waals surface area contributed by atoms with Crippen molar-refractivity contribution in [1.82, 2.24) is 4.90 Å². The van der Waals surface area contributed by atoms with Gasteiger partial charge in [0.2, 0.25) is 0 Å². The summed E-state index contributed by atoms with van der Waals surface area (Å²) in [7, 11) is 5.18. The summed E-state index contributed by atoms with van der Waals surface area (Å²) < 4.78 is 37.1. The zero-order valence-electron chi connectivity index (χ0n) is 34.3. The average Bonchev–Trinajstić information content (AvgIpc) is 3.09. The van der Waals surface area contributed by atoms with E-state index in [0.717, 1.165) is 0 Å². The lowest BCUT2D eigenvalue weighted by molar-refractivity contribution is -0.318. The van der Waals surface area contributed by atoms with Crippen molar-refractivity contribution in [2.75, 3.05) is 21.2 Å². The van der Waals surface area contributed by atoms with E-state index in [1.54, 1.807) is 41.5 Å². The summed E-state index contributed by atoms with van der Waals surface area (Å²) in [5.74, 6) is -4.98. The van der Waals surface area contributed by atoms with Gasteiger partial charge in [0.25, 0.3) is 0 Å². The molecule has 3 rings (SSSR count). The molecule has 0 saturated carbocycles. The maximum absolute atomic E-state index is 14.1. The third kappa shape index (κ3) is 11.1. The zero-order chi connectivity index (χ0) is 41.7. The Morgan fingerprint density at radius 1 is 0.944 bits per heavy atom. The Morgan fingerprint density at radius 3 is 2.04 bits per heavy atom. The molecule has 0 aliphatic carbocycles. The topological polar surface area (TPSA) is 218 Å². The van der Waals surface area contributed by atoms with E-state index >= 15 is 0 Å². The molecule has 0 aromatic rings. The molecule has 0 unspecified atom stereocenters. The number of likely N-dealkylation sites (N-methyl/N-ethyl adjacent to an activating group) is 1. The number of thiol groups is 1. The number of carbonyl (C=O) groups is 2. The van der Waals surface area contributed by atoms with E-state index in [1.165, 1.54) is 33.3 Å². The Hall–Kier alpha value is -1.46. The van der Waals surface area contributed by atoms with Gasteiger partial charge in [0.1, 0.15) is 35.1 Å². The number of aliphatic hydroxyl groups is 5. The number of aliphatic hydroxyl groups excluding tert-OH is 3. The molecule has 0 radical (unpaired) electrons. The predicted molar refractivity (Wildman–Crippen MR) is 201 cm³/mol. The number of methoxy groups -OCH3 is 1. The molecular weight excluding hydrogens is 724 g/mol. The van der Waals surface area contributed by atoms with Gasteiger partial charge in [0, 0.05) is 37.3 Å². The fourth-order valence-electron chi connectivity index (χ4n) is 8.41. The highest BCUT2D eigenvalue weighted by Gasteiger charge is 2.53. The van der Waals surface area contributed by atoms with E-state index in [2.05, 4.69) is 12.6 Å². The molecule has 3 aliphatic rings. The first-order valence-corrected chi connectivity index (χ1v) is 19.4. The number of ketones is 1. The van der Waals surface area contributed by atoms with Crippen molar-refractivity contribution in [2.24, 2.45) is 23.7 Å². The number of carbonyl (C=O) groups excluding carboxylic acids is 2. The third-order valence-corrected chi connectivity index (χ3v) is 11.8. The molecule has 15 nitrogen and oxygen atoms in total. The van der Waals surface area contributed by atoms with Gasteiger partial charge in [-0.1, -0.05) is 40.3 Å². The smallest absolute Gasteiger partial charge is 0.311 e. The van der Waals surface area contributed by atoms with Crippen LogP contribution in [0.2, 0.25) is 0 Å². The van der Waals surface area contributed by atoms with Crippen molar-refractivity contribution in [2.45, 2.75) is 179 Å². The highest BCUT2D eigenvalue weighted by atomic mass is 32.1. The molecule has 0 spiro atoms. The van der Waals surface area contributed by atoms with E-state index in [-0.39, 0.29) is 31.4 Å². The van der Waals surface area contributed by atoms with Crippen molar-refractivity contribution in [3.8, 4) is 5.40 Å². The van der Waals surface area contributed by atoms with Gasteiger partial charge in [0.15, 0.2) is 12.6 Å². The maximum Gasteiger partial charge on any atom is 0.311 e. The Kier molecular flexibility index (Phi) is 17.9. The third-order valence-electron chi connectivity index (χ3n) is 11.8. The minimum atomic E-state index is -1.99. The van der Waals surface area contributed by atoms with Crippen LogP contribution in [0.4, 0.5) is 0 Å². The standard InChI is InChI=1S/C37H67NO13.CHNS/c1-14-25-37(10,45)30(41)20(4)27(39)18(2)16-35(8,44)32(51-34-28(40)24(38(11)12)15-19(3)47-34)21(5)29(22(6)33(43)49-25)50-26-17-36(9,46-13)31(42)23(7)48-26;2-1-3/h18-26,28-32,34,40-42,44-45H,14-17H2,1-13H3;3H/t18-,19-,20+,21+,22-,23+,24+,25-,26-,28-,29+,30-,31+,32-,34+,35-,36-,37+;/m1./s1. The van der Waals surface area contributed by atoms with Gasteiger partial charge in [-0.25, -0.2) is 0 Å². The Bertz CT molecular complexity index is 1270. The van der Waals surface area contributed by atoms with Gasteiger partial charge in [-0.05, 0) is 74.9 Å². The average molecular weight is 793 g/mol. The molecule has 3 heterocycles. The Morgan fingerprint density at radius 2 is 1.52 bits per heavy atom. The van der Waals surface area contributed by atoms with E-state index in [9.17, 15) is 35.1 Å². The van der Waals surface area contributed by atoms with Crippen molar-refractivity contribution in [1.29, 1.82) is 5.26 Å². The fourth-order valence-corrected chi connectivity index (χ4v) is 8.41. The molecule has 3 aliphatic heterocycles. The van der Waals surface area contributed by atoms with Gasteiger partial charge in [-0.15, -0.1) is 0 Å². The molecule has 0 amide bonds. The second-order valence-corrected chi connectivity index (χ2v) is 16.8. The number of nitriles is 1. The molecule has 16 heteroatoms. The highest BCUT2D eigenvalue weighted by molar-refractivity contribution is 7.85. The second-order valence-electron chi connectivity index (χ2n) is 16.6. The van der Waals surface area contributed by atoms with Gasteiger partial charge in [-0.2, -0.15) is 5.26 Å². The van der Waals surface area contributed by atoms with Crippen LogP contribution in [-0.4, -0.2) is 148 Å². The van der Waals surface area contributed by atoms with Crippen molar-refractivity contribution < 1.29 is 63.5 Å². The first kappa shape index (κ1) is 48.7. The summed E-state index contributed by atoms with van der Waals surface area (Å²) in [6, 6.07) is -0.324. The van der Waals surface area contributed by atoms with E-state index in [0.29, 0.717) is 6.42 Å². The summed E-state index contributed by atoms with van der Waals surface area (Å²) in [6.45, 7) is 16.3. The number of ether oxygens (including phenoxy) is 6. The van der Waals surface area contributed by atoms with E-state index in [4.69, 9.17) is 33.7 Å². The number of hydrogen-bond donors (Lipinski definition) is 6. The minimum Gasteiger partial charge on any atom is -0.459 e. The molecule has 18 atom stereocenters. The predicted octanol–water partition coefficient (Wildman–Crippen LogP) is 2.18. The Balaban J connectivity index is 0.00000325. The molecule has 0 aromatic carbocycles. The summed E-state index contributed by atoms with van der Waals surface area (Å²) >= 11 is 3.09. The number of thiocyanates is 1. The molecule has 0 bridgehead atoms. The van der Waals surface area contributed by atoms with Crippen LogP contribution < -0.4 is 0 Å². The van der Waals surface area contributed by atoms with Crippen molar-refractivity contribution in [3.63, 3.8) is 0 Å². The Labute approximate surface area is 327 Å². The molecular formula is C38H68N2O13S. The largest absolute Gasteiger partial charge is 0.459 e. The molecule has 54 heavy (non-hydrogen) atoms. The summed E-state index contributed by atoms with van der Waals surface area (Å²) in [5, 5.41) is 66.2. The summed E-state index contributed by atoms with van der Waals surface area (Å²) in [6.07, 6.45) is -9.71. The number of esters is 1. The quantitative estimate of drug-likeness (QED) is 0.124. The number of cyclic esters (lactones) is 1. The molecule has 3 fully saturated rings. The van der Waals surface area contributed by atoms with Crippen LogP contribution in [-0.2, 0) is 38.0 Å². The van der Waals surface area contributed by atoms with Crippen LogP contribution in [0.5, 0.6) is 0 Å². The molecule has 314 valence electrons. The summed E-state index contributed by atoms with van der Waals surface area (Å²) in [5.41, 5.74) is -4.84. The first-order valence-electron chi connectivity index (χ1n) is 18.9. The van der Waals surface area contributed by atoms with Crippen LogP contribution in [0, 0.1) is 34.3 Å². The SMILES string of the molecule is CC[C@H]1OC(=O)[C@H](C)[C@@H](O[C@@H]2C[C@@](C)(OC)[C@@H](O)[C@H](C)O2)[C@H](C)[C@@H](O[C@@H]2O[C@H](C)C[C@H](N(C)C)[C@H]2O)[C@](C)(O)C[C@@H](C)C(=O)[C@H](C)[C@@H](O)[C@@]1(C)O.N#CS. The lowest BCUT2D eigenvalue weighted by Crippen LogP contribution is -2.61. The molecule has 0 aromatic heterocycles. The zero-order valence-corrected chi connectivity index (χ0v) is 35.2. The lowest BCUT2D eigenvalue weighted by Gasteiger charge is -2.49. The first-order chi connectivity index (χ1) is 24.8. The van der Waals surface area contributed by atoms with Crippen LogP contribution in [0.3, 0.4) is 0 Å².